The summed E-state index contributed by atoms with van der Waals surface area (Å²) in [5.74, 6) is 0.843. The Labute approximate surface area is 38.3 Å². The predicted octanol–water partition coefficient (Wildman–Crippen LogP) is 1.04. The van der Waals surface area contributed by atoms with E-state index in [9.17, 15) is 0 Å². The number of rotatable bonds is 1. The van der Waals surface area contributed by atoms with E-state index < -0.39 is 0 Å². The summed E-state index contributed by atoms with van der Waals surface area (Å²) in [7, 11) is 1.77. The zero-order valence-electron chi connectivity index (χ0n) is 4.27. The van der Waals surface area contributed by atoms with Gasteiger partial charge in [-0.1, -0.05) is 6.92 Å². The van der Waals surface area contributed by atoms with Crippen LogP contribution in [0.2, 0.25) is 0 Å². The molecule has 1 saturated carbocycles. The van der Waals surface area contributed by atoms with Crippen LogP contribution < -0.4 is 0 Å². The smallest absolute Gasteiger partial charge is 0.0601 e. The van der Waals surface area contributed by atoms with E-state index in [1.165, 1.54) is 6.42 Å². The third kappa shape index (κ3) is 0.548. The van der Waals surface area contributed by atoms with Crippen molar-refractivity contribution in [3.05, 3.63) is 0 Å². The molecule has 0 amide bonds. The van der Waals surface area contributed by atoms with Gasteiger partial charge < -0.3 is 4.74 Å². The summed E-state index contributed by atoms with van der Waals surface area (Å²) in [6.07, 6.45) is 1.88. The van der Waals surface area contributed by atoms with E-state index in [0.717, 1.165) is 5.92 Å². The van der Waals surface area contributed by atoms with E-state index in [-0.39, 0.29) is 0 Å². The quantitative estimate of drug-likeness (QED) is 0.463. The number of hydrogen-bond acceptors (Lipinski definition) is 1. The molecule has 1 fully saturated rings. The first-order valence-corrected chi connectivity index (χ1v) is 2.37. The Morgan fingerprint density at radius 2 is 2.17 bits per heavy atom. The van der Waals surface area contributed by atoms with E-state index in [2.05, 4.69) is 6.92 Å². The Hall–Kier alpha value is -0.0400. The molecule has 0 aliphatic heterocycles. The number of hydrogen-bond donors (Lipinski definition) is 0. The van der Waals surface area contributed by atoms with Crippen molar-refractivity contribution < 1.29 is 4.74 Å². The second-order valence-electron chi connectivity index (χ2n) is 1.99. The second-order valence-corrected chi connectivity index (χ2v) is 1.99. The van der Waals surface area contributed by atoms with Gasteiger partial charge in [-0.05, 0) is 12.3 Å². The molecule has 1 heteroatoms. The first kappa shape index (κ1) is 4.13. The zero-order chi connectivity index (χ0) is 4.57. The van der Waals surface area contributed by atoms with Crippen LogP contribution in [0.5, 0.6) is 0 Å². The van der Waals surface area contributed by atoms with Gasteiger partial charge in [0.2, 0.25) is 0 Å². The highest BCUT2D eigenvalue weighted by molar-refractivity contribution is 4.82. The molecule has 0 aromatic heterocycles. The van der Waals surface area contributed by atoms with Crippen LogP contribution >= 0.6 is 0 Å². The molecule has 2 atom stereocenters. The van der Waals surface area contributed by atoms with Gasteiger partial charge in [0, 0.05) is 7.11 Å². The largest absolute Gasteiger partial charge is 0.381 e. The standard InChI is InChI=1S/C5H10O/c1-4-3-5(4)6-2/h4-5H,3H2,1-2H3. The highest BCUT2D eigenvalue weighted by atomic mass is 16.5. The molecule has 0 radical (unpaired) electrons. The Morgan fingerprint density at radius 1 is 1.67 bits per heavy atom. The molecule has 1 aliphatic carbocycles. The van der Waals surface area contributed by atoms with Crippen molar-refractivity contribution in [1.29, 1.82) is 0 Å². The van der Waals surface area contributed by atoms with Gasteiger partial charge in [-0.2, -0.15) is 0 Å². The summed E-state index contributed by atoms with van der Waals surface area (Å²) in [6.45, 7) is 2.20. The van der Waals surface area contributed by atoms with E-state index in [1.807, 2.05) is 0 Å². The number of methoxy groups -OCH3 is 1. The van der Waals surface area contributed by atoms with Gasteiger partial charge in [0.15, 0.2) is 0 Å². The molecule has 0 aromatic rings. The average Bonchev–Trinajstić information content (AvgIpc) is 2.19. The highest BCUT2D eigenvalue weighted by Crippen LogP contribution is 2.31. The Balaban J connectivity index is 2.09. The van der Waals surface area contributed by atoms with Gasteiger partial charge in [-0.3, -0.25) is 0 Å². The Bertz CT molecular complexity index is 49.9. The average molecular weight is 86.1 g/mol. The summed E-state index contributed by atoms with van der Waals surface area (Å²) in [5, 5.41) is 0. The molecule has 6 heavy (non-hydrogen) atoms. The molecule has 0 heterocycles. The molecular weight excluding hydrogens is 76.1 g/mol. The first-order chi connectivity index (χ1) is 2.84. The van der Waals surface area contributed by atoms with Crippen LogP contribution in [0.1, 0.15) is 13.3 Å². The van der Waals surface area contributed by atoms with Crippen LogP contribution in [0.4, 0.5) is 0 Å². The van der Waals surface area contributed by atoms with Crippen molar-refractivity contribution in [2.45, 2.75) is 19.4 Å². The summed E-state index contributed by atoms with van der Waals surface area (Å²) < 4.78 is 4.97. The lowest BCUT2D eigenvalue weighted by Crippen LogP contribution is -1.85. The monoisotopic (exact) mass is 86.1 g/mol. The van der Waals surface area contributed by atoms with Crippen LogP contribution in [-0.4, -0.2) is 13.2 Å². The molecule has 1 nitrogen and oxygen atoms in total. The van der Waals surface area contributed by atoms with E-state index in [4.69, 9.17) is 4.74 Å². The van der Waals surface area contributed by atoms with E-state index >= 15 is 0 Å². The van der Waals surface area contributed by atoms with Gasteiger partial charge in [0.05, 0.1) is 6.10 Å². The van der Waals surface area contributed by atoms with Crippen molar-refractivity contribution in [3.63, 3.8) is 0 Å². The lowest BCUT2D eigenvalue weighted by molar-refractivity contribution is 0.172. The lowest BCUT2D eigenvalue weighted by atomic mass is 10.5. The number of ether oxygens (including phenoxy) is 1. The molecule has 0 spiro atoms. The van der Waals surface area contributed by atoms with Crippen molar-refractivity contribution >= 4 is 0 Å². The lowest BCUT2D eigenvalue weighted by Gasteiger charge is -1.84. The normalized spacial score (nSPS) is 43.0. The molecule has 0 bridgehead atoms. The Kier molecular flexibility index (Phi) is 0.845. The molecule has 1 aliphatic rings. The molecular formula is C5H10O. The van der Waals surface area contributed by atoms with Crippen molar-refractivity contribution in [1.82, 2.24) is 0 Å². The minimum Gasteiger partial charge on any atom is -0.381 e. The third-order valence-corrected chi connectivity index (χ3v) is 1.34. The van der Waals surface area contributed by atoms with E-state index in [0.29, 0.717) is 6.10 Å². The summed E-state index contributed by atoms with van der Waals surface area (Å²) in [6, 6.07) is 0. The minimum atomic E-state index is 0.602. The summed E-state index contributed by atoms with van der Waals surface area (Å²) in [5.41, 5.74) is 0. The van der Waals surface area contributed by atoms with Crippen molar-refractivity contribution in [3.8, 4) is 0 Å². The third-order valence-electron chi connectivity index (χ3n) is 1.34. The topological polar surface area (TPSA) is 9.23 Å². The molecule has 0 N–H and O–H groups in total. The highest BCUT2D eigenvalue weighted by Gasteiger charge is 2.31. The predicted molar refractivity (Wildman–Crippen MR) is 24.6 cm³/mol. The molecule has 0 aromatic carbocycles. The van der Waals surface area contributed by atoms with Gasteiger partial charge in [0.1, 0.15) is 0 Å². The van der Waals surface area contributed by atoms with Crippen molar-refractivity contribution in [2.24, 2.45) is 5.92 Å². The first-order valence-electron chi connectivity index (χ1n) is 2.37. The van der Waals surface area contributed by atoms with Crippen LogP contribution in [0.15, 0.2) is 0 Å². The van der Waals surface area contributed by atoms with E-state index in [1.54, 1.807) is 7.11 Å². The fraction of sp³-hybridized carbons (Fsp3) is 1.00. The summed E-state index contributed by atoms with van der Waals surface area (Å²) >= 11 is 0. The van der Waals surface area contributed by atoms with Crippen LogP contribution in [-0.2, 0) is 4.74 Å². The molecule has 1 rings (SSSR count). The van der Waals surface area contributed by atoms with Crippen molar-refractivity contribution in [2.75, 3.05) is 7.11 Å². The fourth-order valence-corrected chi connectivity index (χ4v) is 0.616. The van der Waals surface area contributed by atoms with Crippen LogP contribution in [0.3, 0.4) is 0 Å². The van der Waals surface area contributed by atoms with Crippen LogP contribution in [0.25, 0.3) is 0 Å². The summed E-state index contributed by atoms with van der Waals surface area (Å²) in [4.78, 5) is 0. The fourth-order valence-electron chi connectivity index (χ4n) is 0.616. The molecule has 2 unspecified atom stereocenters. The maximum atomic E-state index is 4.97. The Morgan fingerprint density at radius 3 is 2.17 bits per heavy atom. The second kappa shape index (κ2) is 1.23. The van der Waals surface area contributed by atoms with Gasteiger partial charge in [-0.15, -0.1) is 0 Å². The zero-order valence-corrected chi connectivity index (χ0v) is 4.27. The van der Waals surface area contributed by atoms with Gasteiger partial charge >= 0.3 is 0 Å². The molecule has 0 saturated heterocycles. The van der Waals surface area contributed by atoms with Gasteiger partial charge in [-0.25, -0.2) is 0 Å². The maximum absolute atomic E-state index is 4.97. The maximum Gasteiger partial charge on any atom is 0.0601 e. The molecule has 36 valence electrons. The van der Waals surface area contributed by atoms with Crippen LogP contribution in [0, 0.1) is 5.92 Å². The minimum absolute atomic E-state index is 0.602. The van der Waals surface area contributed by atoms with Gasteiger partial charge in [0.25, 0.3) is 0 Å². The SMILES string of the molecule is COC1CC1C.